The van der Waals surface area contributed by atoms with E-state index in [-0.39, 0.29) is 24.3 Å². The molecule has 34 heavy (non-hydrogen) atoms. The number of nitrogens with zero attached hydrogens (tertiary/aromatic N) is 4. The van der Waals surface area contributed by atoms with E-state index in [1.807, 2.05) is 30.3 Å². The highest BCUT2D eigenvalue weighted by atomic mass is 35.5. The molecule has 0 saturated heterocycles. The van der Waals surface area contributed by atoms with Crippen LogP contribution in [-0.2, 0) is 27.1 Å². The smallest absolute Gasteiger partial charge is 0.332 e. The van der Waals surface area contributed by atoms with Gasteiger partial charge >= 0.3 is 5.69 Å². The Morgan fingerprint density at radius 3 is 2.47 bits per heavy atom. The van der Waals surface area contributed by atoms with Gasteiger partial charge in [0.1, 0.15) is 18.5 Å². The predicted molar refractivity (Wildman–Crippen MR) is 132 cm³/mol. The van der Waals surface area contributed by atoms with E-state index in [4.69, 9.17) is 16.3 Å². The SMILES string of the molecule is Cn1c(=O)c2c(nc(NCCc3ccccc3)n2C[C@@H](O)COc2ccc(Cl)cc2)n(C)c1=O. The molecular weight excluding hydrogens is 458 g/mol. The first-order chi connectivity index (χ1) is 16.3. The number of rotatable bonds is 9. The number of ether oxygens (including phenoxy) is 1. The van der Waals surface area contributed by atoms with Gasteiger partial charge in [0.25, 0.3) is 5.56 Å². The standard InChI is InChI=1S/C24H26ClN5O4/c1-28-21-20(22(32)29(2)24(28)33)30(14-18(31)15-34-19-10-8-17(25)9-11-19)23(27-21)26-13-12-16-6-4-3-5-7-16/h3-11,18,31H,12-15H2,1-2H3,(H,26,27)/t18-/m1/s1. The van der Waals surface area contributed by atoms with Crippen LogP contribution in [0.1, 0.15) is 5.56 Å². The van der Waals surface area contributed by atoms with Gasteiger partial charge in [0.05, 0.1) is 6.54 Å². The van der Waals surface area contributed by atoms with E-state index in [9.17, 15) is 14.7 Å². The van der Waals surface area contributed by atoms with Crippen molar-refractivity contribution in [2.75, 3.05) is 18.5 Å². The summed E-state index contributed by atoms with van der Waals surface area (Å²) in [6, 6.07) is 16.8. The van der Waals surface area contributed by atoms with Gasteiger partial charge in [-0.15, -0.1) is 0 Å². The van der Waals surface area contributed by atoms with Gasteiger partial charge in [-0.2, -0.15) is 4.98 Å². The topological polar surface area (TPSA) is 103 Å². The number of aryl methyl sites for hydroxylation is 1. The first kappa shape index (κ1) is 23.6. The maximum absolute atomic E-state index is 13.0. The highest BCUT2D eigenvalue weighted by molar-refractivity contribution is 6.30. The monoisotopic (exact) mass is 483 g/mol. The highest BCUT2D eigenvalue weighted by Gasteiger charge is 2.21. The summed E-state index contributed by atoms with van der Waals surface area (Å²) >= 11 is 5.90. The Morgan fingerprint density at radius 2 is 1.76 bits per heavy atom. The van der Waals surface area contributed by atoms with E-state index in [2.05, 4.69) is 10.3 Å². The van der Waals surface area contributed by atoms with Crippen molar-refractivity contribution >= 4 is 28.7 Å². The van der Waals surface area contributed by atoms with Crippen molar-refractivity contribution in [3.8, 4) is 5.75 Å². The van der Waals surface area contributed by atoms with Crippen molar-refractivity contribution in [2.24, 2.45) is 14.1 Å². The molecule has 0 spiro atoms. The third kappa shape index (κ3) is 5.00. The van der Waals surface area contributed by atoms with Crippen LogP contribution < -0.4 is 21.3 Å². The van der Waals surface area contributed by atoms with Crippen molar-refractivity contribution in [3.63, 3.8) is 0 Å². The lowest BCUT2D eigenvalue weighted by atomic mass is 10.1. The Hall–Kier alpha value is -3.56. The fourth-order valence-electron chi connectivity index (χ4n) is 3.71. The maximum atomic E-state index is 13.0. The van der Waals surface area contributed by atoms with Crippen LogP contribution in [0.15, 0.2) is 64.2 Å². The summed E-state index contributed by atoms with van der Waals surface area (Å²) in [5.41, 5.74) is 0.688. The van der Waals surface area contributed by atoms with Crippen molar-refractivity contribution in [2.45, 2.75) is 19.1 Å². The second-order valence-electron chi connectivity index (χ2n) is 8.01. The first-order valence-electron chi connectivity index (χ1n) is 10.9. The fraction of sp³-hybridized carbons (Fsp3) is 0.292. The van der Waals surface area contributed by atoms with Crippen LogP contribution in [-0.4, -0.2) is 43.0 Å². The quantitative estimate of drug-likeness (QED) is 0.378. The van der Waals surface area contributed by atoms with Crippen LogP contribution in [0, 0.1) is 0 Å². The summed E-state index contributed by atoms with van der Waals surface area (Å²) < 4.78 is 9.63. The zero-order valence-electron chi connectivity index (χ0n) is 18.9. The molecule has 2 aromatic carbocycles. The van der Waals surface area contributed by atoms with E-state index in [0.717, 1.165) is 16.6 Å². The fourth-order valence-corrected chi connectivity index (χ4v) is 3.84. The molecule has 2 heterocycles. The lowest BCUT2D eigenvalue weighted by Crippen LogP contribution is -2.38. The summed E-state index contributed by atoms with van der Waals surface area (Å²) in [5, 5.41) is 14.5. The van der Waals surface area contributed by atoms with E-state index < -0.39 is 17.4 Å². The number of aliphatic hydroxyl groups is 1. The molecule has 0 fully saturated rings. The van der Waals surface area contributed by atoms with Crippen LogP contribution in [0.5, 0.6) is 5.75 Å². The number of anilines is 1. The Balaban J connectivity index is 1.60. The highest BCUT2D eigenvalue weighted by Crippen LogP contribution is 2.18. The molecule has 0 aliphatic carbocycles. The number of benzene rings is 2. The summed E-state index contributed by atoms with van der Waals surface area (Å²) in [7, 11) is 2.99. The lowest BCUT2D eigenvalue weighted by Gasteiger charge is -2.16. The zero-order chi connectivity index (χ0) is 24.2. The van der Waals surface area contributed by atoms with Crippen molar-refractivity contribution in [1.82, 2.24) is 18.7 Å². The van der Waals surface area contributed by atoms with Gasteiger partial charge in [0, 0.05) is 25.7 Å². The van der Waals surface area contributed by atoms with Crippen molar-refractivity contribution < 1.29 is 9.84 Å². The molecule has 10 heteroatoms. The normalized spacial score (nSPS) is 12.1. The zero-order valence-corrected chi connectivity index (χ0v) is 19.7. The Labute approximate surface area is 200 Å². The van der Waals surface area contributed by atoms with E-state index in [0.29, 0.717) is 23.3 Å². The molecule has 0 aliphatic rings. The van der Waals surface area contributed by atoms with Gasteiger partial charge in [0.2, 0.25) is 5.95 Å². The van der Waals surface area contributed by atoms with Gasteiger partial charge in [-0.1, -0.05) is 41.9 Å². The molecule has 9 nitrogen and oxygen atoms in total. The minimum absolute atomic E-state index is 0.00313. The molecule has 2 aromatic heterocycles. The minimum Gasteiger partial charge on any atom is -0.491 e. The lowest BCUT2D eigenvalue weighted by molar-refractivity contribution is 0.0938. The molecule has 2 N–H and O–H groups in total. The van der Waals surface area contributed by atoms with Gasteiger partial charge in [-0.3, -0.25) is 13.9 Å². The largest absolute Gasteiger partial charge is 0.491 e. The van der Waals surface area contributed by atoms with Crippen LogP contribution in [0.25, 0.3) is 11.2 Å². The number of nitrogens with one attached hydrogen (secondary N) is 1. The van der Waals surface area contributed by atoms with E-state index in [1.54, 1.807) is 35.9 Å². The summed E-state index contributed by atoms with van der Waals surface area (Å²) in [5.74, 6) is 0.966. The molecule has 0 radical (unpaired) electrons. The van der Waals surface area contributed by atoms with E-state index >= 15 is 0 Å². The van der Waals surface area contributed by atoms with Gasteiger partial charge in [0.15, 0.2) is 11.2 Å². The number of imidazole rings is 1. The Morgan fingerprint density at radius 1 is 1.06 bits per heavy atom. The number of aromatic nitrogens is 4. The van der Waals surface area contributed by atoms with Gasteiger partial charge in [-0.25, -0.2) is 4.79 Å². The maximum Gasteiger partial charge on any atom is 0.332 e. The Bertz CT molecular complexity index is 1390. The second kappa shape index (κ2) is 10.1. The summed E-state index contributed by atoms with van der Waals surface area (Å²) in [4.78, 5) is 29.9. The van der Waals surface area contributed by atoms with Gasteiger partial charge < -0.3 is 19.7 Å². The van der Waals surface area contributed by atoms with E-state index in [1.165, 1.54) is 11.6 Å². The first-order valence-corrected chi connectivity index (χ1v) is 11.2. The molecule has 0 bridgehead atoms. The van der Waals surface area contributed by atoms with Crippen molar-refractivity contribution in [1.29, 1.82) is 0 Å². The molecule has 0 saturated carbocycles. The summed E-state index contributed by atoms with van der Waals surface area (Å²) in [6.07, 6.45) is -0.201. The summed E-state index contributed by atoms with van der Waals surface area (Å²) in [6.45, 7) is 0.598. The molecule has 0 unspecified atom stereocenters. The van der Waals surface area contributed by atoms with Crippen LogP contribution >= 0.6 is 11.6 Å². The van der Waals surface area contributed by atoms with Crippen molar-refractivity contribution in [3.05, 3.63) is 86.0 Å². The predicted octanol–water partition coefficient (Wildman–Crippen LogP) is 2.18. The van der Waals surface area contributed by atoms with Crippen LogP contribution in [0.4, 0.5) is 5.95 Å². The number of fused-ring (bicyclic) bond motifs is 1. The average Bonchev–Trinajstić information content (AvgIpc) is 3.19. The molecule has 4 aromatic rings. The third-order valence-electron chi connectivity index (χ3n) is 5.54. The Kier molecular flexibility index (Phi) is 7.04. The number of hydrogen-bond acceptors (Lipinski definition) is 6. The molecule has 1 atom stereocenters. The number of aliphatic hydroxyl groups excluding tert-OH is 1. The van der Waals surface area contributed by atoms with Gasteiger partial charge in [-0.05, 0) is 36.2 Å². The second-order valence-corrected chi connectivity index (χ2v) is 8.44. The molecule has 0 amide bonds. The minimum atomic E-state index is -0.940. The number of halogens is 1. The third-order valence-corrected chi connectivity index (χ3v) is 5.79. The van der Waals surface area contributed by atoms with Crippen LogP contribution in [0.3, 0.4) is 0 Å². The molecule has 4 rings (SSSR count). The molecular formula is C24H26ClN5O4. The number of hydrogen-bond donors (Lipinski definition) is 2. The molecule has 178 valence electrons. The van der Waals surface area contributed by atoms with Crippen LogP contribution in [0.2, 0.25) is 5.02 Å². The average molecular weight is 484 g/mol. The molecule has 0 aliphatic heterocycles.